The number of fused-ring (bicyclic) bond motifs is 1. The van der Waals surface area contributed by atoms with Crippen LogP contribution in [0.25, 0.3) is 0 Å². The minimum absolute atomic E-state index is 0.0418. The number of benzene rings is 1. The van der Waals surface area contributed by atoms with E-state index in [9.17, 15) is 19.2 Å². The van der Waals surface area contributed by atoms with E-state index in [2.05, 4.69) is 0 Å². The molecule has 0 N–H and O–H groups in total. The molecule has 3 fully saturated rings. The highest BCUT2D eigenvalue weighted by molar-refractivity contribution is 6.01. The van der Waals surface area contributed by atoms with E-state index in [0.29, 0.717) is 6.42 Å². The lowest BCUT2D eigenvalue weighted by atomic mass is 9.59. The second kappa shape index (κ2) is 4.75. The number of carbonyl (C=O) groups is 4. The van der Waals surface area contributed by atoms with E-state index in [1.54, 1.807) is 0 Å². The molecule has 1 aromatic carbocycles. The van der Waals surface area contributed by atoms with Crippen LogP contribution in [0.4, 0.5) is 0 Å². The average Bonchev–Trinajstić information content (AvgIpc) is 2.96. The second-order valence-corrected chi connectivity index (χ2v) is 6.52. The Morgan fingerprint density at radius 3 is 2.22 bits per heavy atom. The summed E-state index contributed by atoms with van der Waals surface area (Å²) >= 11 is 0. The molecule has 1 spiro atoms. The highest BCUT2D eigenvalue weighted by Crippen LogP contribution is 2.56. The van der Waals surface area contributed by atoms with E-state index in [1.165, 1.54) is 0 Å². The van der Waals surface area contributed by atoms with Gasteiger partial charge in [-0.1, -0.05) is 30.3 Å². The Morgan fingerprint density at radius 1 is 0.870 bits per heavy atom. The Kier molecular flexibility index (Phi) is 2.91. The van der Waals surface area contributed by atoms with Crippen molar-refractivity contribution in [3.63, 3.8) is 0 Å². The summed E-state index contributed by atoms with van der Waals surface area (Å²) in [6, 6.07) is 9.25. The molecule has 118 valence electrons. The summed E-state index contributed by atoms with van der Waals surface area (Å²) in [5.74, 6) is -3.94. The average molecular weight is 314 g/mol. The summed E-state index contributed by atoms with van der Waals surface area (Å²) in [6.45, 7) is 0. The van der Waals surface area contributed by atoms with Gasteiger partial charge in [0.15, 0.2) is 0 Å². The smallest absolute Gasteiger partial charge is 0.320 e. The molecule has 6 nitrogen and oxygen atoms in total. The third-order valence-electron chi connectivity index (χ3n) is 5.21. The number of esters is 4. The quantitative estimate of drug-likeness (QED) is 0.574. The molecule has 1 saturated carbocycles. The summed E-state index contributed by atoms with van der Waals surface area (Å²) < 4.78 is 9.54. The van der Waals surface area contributed by atoms with Crippen molar-refractivity contribution in [3.8, 4) is 0 Å². The van der Waals surface area contributed by atoms with Crippen molar-refractivity contribution in [2.75, 3.05) is 0 Å². The first-order valence-corrected chi connectivity index (χ1v) is 7.56. The van der Waals surface area contributed by atoms with E-state index in [1.807, 2.05) is 30.3 Å². The Bertz CT molecular complexity index is 724. The molecule has 2 heterocycles. The van der Waals surface area contributed by atoms with Crippen LogP contribution in [0, 0.1) is 17.3 Å². The lowest BCUT2D eigenvalue weighted by Crippen LogP contribution is -2.42. The number of ether oxygens (including phenoxy) is 2. The topological polar surface area (TPSA) is 86.7 Å². The van der Waals surface area contributed by atoms with Crippen LogP contribution in [0.15, 0.2) is 30.3 Å². The van der Waals surface area contributed by atoms with Gasteiger partial charge in [0.2, 0.25) is 0 Å². The van der Waals surface area contributed by atoms with Gasteiger partial charge >= 0.3 is 23.9 Å². The van der Waals surface area contributed by atoms with Crippen LogP contribution in [-0.4, -0.2) is 23.9 Å². The van der Waals surface area contributed by atoms with Crippen LogP contribution in [-0.2, 0) is 28.7 Å². The van der Waals surface area contributed by atoms with Gasteiger partial charge in [-0.3, -0.25) is 19.2 Å². The van der Waals surface area contributed by atoms with Crippen molar-refractivity contribution in [2.24, 2.45) is 17.3 Å². The monoisotopic (exact) mass is 314 g/mol. The van der Waals surface area contributed by atoms with Crippen molar-refractivity contribution in [1.29, 1.82) is 0 Å². The van der Waals surface area contributed by atoms with Gasteiger partial charge in [-0.25, -0.2) is 0 Å². The Labute approximate surface area is 131 Å². The van der Waals surface area contributed by atoms with Crippen LogP contribution >= 0.6 is 0 Å². The molecule has 1 aliphatic carbocycles. The highest BCUT2D eigenvalue weighted by Gasteiger charge is 2.62. The normalized spacial score (nSPS) is 36.1. The summed E-state index contributed by atoms with van der Waals surface area (Å²) in [5, 5.41) is 0. The first kappa shape index (κ1) is 14.1. The van der Waals surface area contributed by atoms with Crippen molar-refractivity contribution < 1.29 is 28.7 Å². The molecule has 2 saturated heterocycles. The number of carbonyl (C=O) groups excluding carboxylic acids is 4. The maximum atomic E-state index is 12.2. The van der Waals surface area contributed by atoms with E-state index in [4.69, 9.17) is 9.47 Å². The fourth-order valence-corrected chi connectivity index (χ4v) is 4.19. The van der Waals surface area contributed by atoms with Gasteiger partial charge in [-0.2, -0.15) is 0 Å². The second-order valence-electron chi connectivity index (χ2n) is 6.52. The molecule has 4 rings (SSSR count). The summed E-state index contributed by atoms with van der Waals surface area (Å²) in [4.78, 5) is 48.0. The first-order valence-electron chi connectivity index (χ1n) is 7.56. The molecule has 6 heteroatoms. The molecular weight excluding hydrogens is 300 g/mol. The van der Waals surface area contributed by atoms with Gasteiger partial charge in [0, 0.05) is 0 Å². The number of hydrogen-bond donors (Lipinski definition) is 0. The van der Waals surface area contributed by atoms with Crippen molar-refractivity contribution in [3.05, 3.63) is 35.9 Å². The fraction of sp³-hybridized carbons (Fsp3) is 0.412. The van der Waals surface area contributed by atoms with Crippen molar-refractivity contribution >= 4 is 23.9 Å². The zero-order valence-corrected chi connectivity index (χ0v) is 12.2. The SMILES string of the molecule is O=C1CC2(CC3C(=O)OC(=O)C3C(c3ccccc3)C2)C(=O)O1. The van der Waals surface area contributed by atoms with Gasteiger partial charge in [-0.05, 0) is 24.3 Å². The predicted octanol–water partition coefficient (Wildman–Crippen LogP) is 1.34. The minimum Gasteiger partial charge on any atom is -0.393 e. The minimum atomic E-state index is -1.03. The van der Waals surface area contributed by atoms with E-state index < -0.39 is 41.1 Å². The molecule has 0 aromatic heterocycles. The Balaban J connectivity index is 1.79. The van der Waals surface area contributed by atoms with Crippen LogP contribution in [0.3, 0.4) is 0 Å². The van der Waals surface area contributed by atoms with E-state index >= 15 is 0 Å². The third kappa shape index (κ3) is 2.01. The lowest BCUT2D eigenvalue weighted by molar-refractivity contribution is -0.157. The predicted molar refractivity (Wildman–Crippen MR) is 74.6 cm³/mol. The van der Waals surface area contributed by atoms with Gasteiger partial charge in [0.1, 0.15) is 0 Å². The van der Waals surface area contributed by atoms with Crippen molar-refractivity contribution in [2.45, 2.75) is 25.2 Å². The third-order valence-corrected chi connectivity index (χ3v) is 5.21. The number of cyclic esters (lactones) is 4. The maximum absolute atomic E-state index is 12.2. The van der Waals surface area contributed by atoms with Crippen LogP contribution in [0.1, 0.15) is 30.7 Å². The lowest BCUT2D eigenvalue weighted by Gasteiger charge is -2.39. The molecule has 3 aliphatic rings. The molecular formula is C17H14O6. The first-order chi connectivity index (χ1) is 11.0. The van der Waals surface area contributed by atoms with Gasteiger partial charge in [0.05, 0.1) is 23.7 Å². The fourth-order valence-electron chi connectivity index (χ4n) is 4.19. The molecule has 2 aliphatic heterocycles. The molecule has 0 bridgehead atoms. The van der Waals surface area contributed by atoms with Crippen molar-refractivity contribution in [1.82, 2.24) is 0 Å². The van der Waals surface area contributed by atoms with E-state index in [0.717, 1.165) is 5.56 Å². The number of rotatable bonds is 1. The van der Waals surface area contributed by atoms with Gasteiger partial charge < -0.3 is 9.47 Å². The van der Waals surface area contributed by atoms with Gasteiger partial charge in [-0.15, -0.1) is 0 Å². The molecule has 4 atom stereocenters. The maximum Gasteiger partial charge on any atom is 0.320 e. The summed E-state index contributed by atoms with van der Waals surface area (Å²) in [7, 11) is 0. The standard InChI is InChI=1S/C17H14O6/c18-12-8-17(16(21)22-12)6-10(9-4-2-1-3-5-9)13-11(7-17)14(19)23-15(13)20/h1-5,10-11,13H,6-8H2. The zero-order valence-electron chi connectivity index (χ0n) is 12.2. The molecule has 4 unspecified atom stereocenters. The summed E-state index contributed by atoms with van der Waals surface area (Å²) in [5.41, 5.74) is -0.164. The molecule has 23 heavy (non-hydrogen) atoms. The van der Waals surface area contributed by atoms with Crippen LogP contribution in [0.2, 0.25) is 0 Å². The van der Waals surface area contributed by atoms with Crippen LogP contribution in [0.5, 0.6) is 0 Å². The Hall–Kier alpha value is -2.50. The van der Waals surface area contributed by atoms with Crippen LogP contribution < -0.4 is 0 Å². The number of hydrogen-bond acceptors (Lipinski definition) is 6. The summed E-state index contributed by atoms with van der Waals surface area (Å²) in [6.07, 6.45) is 0.404. The molecule has 1 aromatic rings. The zero-order chi connectivity index (χ0) is 16.2. The van der Waals surface area contributed by atoms with Gasteiger partial charge in [0.25, 0.3) is 0 Å². The molecule has 0 amide bonds. The molecule has 0 radical (unpaired) electrons. The van der Waals surface area contributed by atoms with E-state index in [-0.39, 0.29) is 18.8 Å². The largest absolute Gasteiger partial charge is 0.393 e. The Morgan fingerprint density at radius 2 is 1.57 bits per heavy atom. The highest BCUT2D eigenvalue weighted by atomic mass is 16.6.